The Morgan fingerprint density at radius 3 is 0.861 bits per heavy atom. The first-order chi connectivity index (χ1) is 16.2. The fourth-order valence-corrected chi connectivity index (χ4v) is 3.04. The van der Waals surface area contributed by atoms with Crippen LogP contribution in [0.2, 0.25) is 0 Å². The third-order valence-electron chi connectivity index (χ3n) is 4.26. The highest BCUT2D eigenvalue weighted by atomic mass is 16.6. The third kappa shape index (κ3) is 10.6. The van der Waals surface area contributed by atoms with Gasteiger partial charge >= 0.3 is 35.0 Å². The van der Waals surface area contributed by atoms with Crippen LogP contribution in [0.1, 0.15) is 81.6 Å². The molecule has 204 valence electrons. The molecule has 12 nitrogen and oxygen atoms in total. The van der Waals surface area contributed by atoms with Gasteiger partial charge in [0.15, 0.2) is 0 Å². The van der Waals surface area contributed by atoms with Gasteiger partial charge in [-0.2, -0.15) is 0 Å². The predicted octanol–water partition coefficient (Wildman–Crippen LogP) is 1.37. The van der Waals surface area contributed by atoms with E-state index in [1.165, 1.54) is 0 Å². The summed E-state index contributed by atoms with van der Waals surface area (Å²) in [4.78, 5) is 75.5. The molecule has 0 saturated heterocycles. The molecule has 0 aromatic carbocycles. The minimum atomic E-state index is -0.981. The monoisotopic (exact) mass is 513 g/mol. The molecule has 12 heteroatoms. The van der Waals surface area contributed by atoms with Crippen LogP contribution < -0.4 is 17.1 Å². The maximum atomic E-state index is 13.0. The van der Waals surface area contributed by atoms with Crippen molar-refractivity contribution in [3.63, 3.8) is 0 Å². The van der Waals surface area contributed by atoms with Crippen LogP contribution in [0.15, 0.2) is 14.4 Å². The van der Waals surface area contributed by atoms with Crippen LogP contribution >= 0.6 is 0 Å². The Balaban J connectivity index is 3.34. The Labute approximate surface area is 210 Å². The molecule has 1 rings (SSSR count). The van der Waals surface area contributed by atoms with E-state index in [2.05, 4.69) is 0 Å². The van der Waals surface area contributed by atoms with E-state index < -0.39 is 51.8 Å². The highest BCUT2D eigenvalue weighted by molar-refractivity contribution is 5.70. The number of nitrogens with zero attached hydrogens (tertiary/aromatic N) is 3. The van der Waals surface area contributed by atoms with Crippen LogP contribution in [-0.4, -0.2) is 48.4 Å². The maximum absolute atomic E-state index is 13.0. The fraction of sp³-hybridized carbons (Fsp3) is 0.750. The molecule has 1 heterocycles. The number of hydrogen-bond donors (Lipinski definition) is 0. The van der Waals surface area contributed by atoms with Crippen molar-refractivity contribution in [1.82, 2.24) is 13.7 Å². The van der Waals surface area contributed by atoms with Crippen LogP contribution in [0.3, 0.4) is 0 Å². The summed E-state index contributed by atoms with van der Waals surface area (Å²) in [5, 5.41) is 0. The van der Waals surface area contributed by atoms with E-state index in [-0.39, 0.29) is 38.9 Å². The number of carbonyl (C=O) groups is 3. The highest BCUT2D eigenvalue weighted by Gasteiger charge is 2.22. The molecule has 0 bridgehead atoms. The van der Waals surface area contributed by atoms with Crippen molar-refractivity contribution in [3.05, 3.63) is 31.5 Å². The zero-order valence-electron chi connectivity index (χ0n) is 22.8. The number of aromatic nitrogens is 3. The highest BCUT2D eigenvalue weighted by Crippen LogP contribution is 2.10. The van der Waals surface area contributed by atoms with Crippen molar-refractivity contribution in [2.45, 2.75) is 118 Å². The molecular weight excluding hydrogens is 474 g/mol. The Kier molecular flexibility index (Phi) is 10.0. The molecule has 0 saturated carbocycles. The van der Waals surface area contributed by atoms with Gasteiger partial charge in [-0.05, 0) is 62.3 Å². The molecule has 0 atom stereocenters. The standard InChI is InChI=1S/C24H39N3O9/c1-22(2,3)34-16(28)10-13-25-19(31)26(14-11-17(29)35-23(4,5)6)21(33)27(20(25)32)15-12-18(30)36-24(7,8)9/h10-15H2,1-9H3. The van der Waals surface area contributed by atoms with Crippen molar-refractivity contribution >= 4 is 17.9 Å². The van der Waals surface area contributed by atoms with Crippen LogP contribution in [0.5, 0.6) is 0 Å². The fourth-order valence-electron chi connectivity index (χ4n) is 3.04. The predicted molar refractivity (Wildman–Crippen MR) is 131 cm³/mol. The van der Waals surface area contributed by atoms with Gasteiger partial charge in [0.05, 0.1) is 19.3 Å². The van der Waals surface area contributed by atoms with Crippen LogP contribution in [0, 0.1) is 0 Å². The third-order valence-corrected chi connectivity index (χ3v) is 4.26. The van der Waals surface area contributed by atoms with E-state index >= 15 is 0 Å². The van der Waals surface area contributed by atoms with Crippen LogP contribution in [0.25, 0.3) is 0 Å². The molecule has 0 N–H and O–H groups in total. The second kappa shape index (κ2) is 11.7. The average Bonchev–Trinajstić information content (AvgIpc) is 2.63. The molecule has 0 aliphatic rings. The summed E-state index contributed by atoms with van der Waals surface area (Å²) in [5.41, 5.74) is -5.23. The number of esters is 3. The van der Waals surface area contributed by atoms with Gasteiger partial charge in [-0.1, -0.05) is 0 Å². The van der Waals surface area contributed by atoms with Crippen molar-refractivity contribution in [3.8, 4) is 0 Å². The van der Waals surface area contributed by atoms with E-state index in [1.807, 2.05) is 0 Å². The van der Waals surface area contributed by atoms with Crippen molar-refractivity contribution in [1.29, 1.82) is 0 Å². The molecule has 0 fully saturated rings. The Hall–Kier alpha value is -3.18. The molecule has 36 heavy (non-hydrogen) atoms. The summed E-state index contributed by atoms with van der Waals surface area (Å²) in [6.07, 6.45) is -0.908. The smallest absolute Gasteiger partial charge is 0.336 e. The summed E-state index contributed by atoms with van der Waals surface area (Å²) in [6, 6.07) is 0. The first kappa shape index (κ1) is 30.9. The quantitative estimate of drug-likeness (QED) is 0.353. The van der Waals surface area contributed by atoms with Gasteiger partial charge in [-0.15, -0.1) is 0 Å². The Morgan fingerprint density at radius 2 is 0.694 bits per heavy atom. The lowest BCUT2D eigenvalue weighted by molar-refractivity contribution is -0.156. The number of hydrogen-bond acceptors (Lipinski definition) is 9. The summed E-state index contributed by atoms with van der Waals surface area (Å²) in [6.45, 7) is 14.0. The molecule has 0 amide bonds. The van der Waals surface area contributed by atoms with E-state index in [4.69, 9.17) is 14.2 Å². The number of rotatable bonds is 9. The van der Waals surface area contributed by atoms with Crippen molar-refractivity contribution in [2.24, 2.45) is 0 Å². The van der Waals surface area contributed by atoms with E-state index in [0.717, 1.165) is 13.7 Å². The summed E-state index contributed by atoms with van der Waals surface area (Å²) >= 11 is 0. The van der Waals surface area contributed by atoms with Gasteiger partial charge in [0, 0.05) is 19.6 Å². The molecular formula is C24H39N3O9. The Bertz CT molecular complexity index is 963. The number of carbonyl (C=O) groups excluding carboxylic acids is 3. The van der Waals surface area contributed by atoms with Crippen molar-refractivity contribution in [2.75, 3.05) is 0 Å². The summed E-state index contributed by atoms with van der Waals surface area (Å²) < 4.78 is 17.8. The molecule has 0 unspecified atom stereocenters. The molecule has 0 aliphatic carbocycles. The Morgan fingerprint density at radius 1 is 0.500 bits per heavy atom. The second-order valence-electron chi connectivity index (χ2n) is 11.3. The first-order valence-corrected chi connectivity index (χ1v) is 11.8. The van der Waals surface area contributed by atoms with Gasteiger partial charge in [0.25, 0.3) is 0 Å². The second-order valence-corrected chi connectivity index (χ2v) is 11.3. The van der Waals surface area contributed by atoms with Gasteiger partial charge in [-0.3, -0.25) is 14.4 Å². The van der Waals surface area contributed by atoms with Gasteiger partial charge in [0.2, 0.25) is 0 Å². The lowest BCUT2D eigenvalue weighted by Crippen LogP contribution is -2.55. The lowest BCUT2D eigenvalue weighted by Gasteiger charge is -2.21. The first-order valence-electron chi connectivity index (χ1n) is 11.8. The van der Waals surface area contributed by atoms with E-state index in [9.17, 15) is 28.8 Å². The average molecular weight is 514 g/mol. The molecule has 1 aromatic rings. The number of ether oxygens (including phenoxy) is 3. The van der Waals surface area contributed by atoms with E-state index in [1.54, 1.807) is 62.3 Å². The normalized spacial score (nSPS) is 12.2. The summed E-state index contributed by atoms with van der Waals surface area (Å²) in [5.74, 6) is -1.91. The van der Waals surface area contributed by atoms with Gasteiger partial charge in [0.1, 0.15) is 16.8 Å². The minimum absolute atomic E-state index is 0.303. The van der Waals surface area contributed by atoms with Crippen molar-refractivity contribution < 1.29 is 28.6 Å². The zero-order valence-corrected chi connectivity index (χ0v) is 22.8. The SMILES string of the molecule is CC(C)(C)OC(=O)CCn1c(=O)n(CCC(=O)OC(C)(C)C)c(=O)n(CCC(=O)OC(C)(C)C)c1=O. The van der Waals surface area contributed by atoms with Gasteiger partial charge < -0.3 is 14.2 Å². The lowest BCUT2D eigenvalue weighted by atomic mass is 10.2. The van der Waals surface area contributed by atoms with Gasteiger partial charge in [-0.25, -0.2) is 28.1 Å². The van der Waals surface area contributed by atoms with Crippen LogP contribution in [0.4, 0.5) is 0 Å². The largest absolute Gasteiger partial charge is 0.460 e. The van der Waals surface area contributed by atoms with Crippen LogP contribution in [-0.2, 0) is 48.2 Å². The molecule has 1 aromatic heterocycles. The molecule has 0 aliphatic heterocycles. The zero-order chi connectivity index (χ0) is 28.1. The maximum Gasteiger partial charge on any atom is 0.336 e. The van der Waals surface area contributed by atoms with E-state index in [0.29, 0.717) is 0 Å². The minimum Gasteiger partial charge on any atom is -0.460 e. The molecule has 0 radical (unpaired) electrons. The molecule has 0 spiro atoms. The summed E-state index contributed by atoms with van der Waals surface area (Å²) in [7, 11) is 0. The topological polar surface area (TPSA) is 145 Å².